The van der Waals surface area contributed by atoms with Crippen LogP contribution >= 0.6 is 11.3 Å². The second-order valence-electron chi connectivity index (χ2n) is 2.39. The van der Waals surface area contributed by atoms with Crippen LogP contribution in [-0.2, 0) is 5.41 Å². The fourth-order valence-corrected chi connectivity index (χ4v) is 1.45. The Balaban J connectivity index is 3.09. The van der Waals surface area contributed by atoms with E-state index in [2.05, 4.69) is 17.5 Å². The van der Waals surface area contributed by atoms with Crippen LogP contribution in [0.25, 0.3) is 0 Å². The molecule has 56 valence electrons. The predicted octanol–water partition coefficient (Wildman–Crippen LogP) is 2.22. The van der Waals surface area contributed by atoms with Crippen LogP contribution < -0.4 is 0 Å². The topological polar surface area (TPSA) is 12.9 Å². The summed E-state index contributed by atoms with van der Waals surface area (Å²) in [5, 5.41) is 2.84. The zero-order valence-electron chi connectivity index (χ0n) is 6.37. The number of allylic oxidation sites excluding steroid dienone is 1. The summed E-state index contributed by atoms with van der Waals surface area (Å²) in [7, 11) is 0. The molecule has 1 heterocycles. The van der Waals surface area contributed by atoms with Gasteiger partial charge in [-0.2, -0.15) is 0 Å². The molecule has 0 radical (unpaired) electrons. The summed E-state index contributed by atoms with van der Waals surface area (Å²) >= 11 is 1.55. The molecule has 1 aromatic heterocycles. The van der Waals surface area contributed by atoms with Crippen molar-refractivity contribution >= 4 is 11.3 Å². The normalized spacial score (nSPS) is 14.9. The van der Waals surface area contributed by atoms with Crippen molar-refractivity contribution in [2.45, 2.75) is 12.3 Å². The molecule has 1 rings (SSSR count). The quantitative estimate of drug-likeness (QED) is 0.481. The highest BCUT2D eigenvalue weighted by atomic mass is 32.1. The lowest BCUT2D eigenvalue weighted by Crippen LogP contribution is -2.14. The number of nitrogens with zero attached hydrogens (tertiary/aromatic N) is 1. The summed E-state index contributed by atoms with van der Waals surface area (Å²) in [6, 6.07) is 0. The van der Waals surface area contributed by atoms with Crippen LogP contribution in [0.1, 0.15) is 11.9 Å². The van der Waals surface area contributed by atoms with E-state index < -0.39 is 5.41 Å². The largest absolute Gasteiger partial charge is 0.248 e. The third-order valence-corrected chi connectivity index (χ3v) is 2.60. The molecule has 1 aromatic rings. The van der Waals surface area contributed by atoms with Gasteiger partial charge in [0.15, 0.2) is 0 Å². The molecule has 1 nitrogen and oxygen atoms in total. The molecule has 0 aliphatic rings. The number of rotatable bonds is 2. The second kappa shape index (κ2) is 2.89. The fraction of sp³-hybridized carbons (Fsp3) is 0.222. The van der Waals surface area contributed by atoms with Crippen molar-refractivity contribution in [3.8, 4) is 12.3 Å². The molecule has 0 aromatic carbocycles. The summed E-state index contributed by atoms with van der Waals surface area (Å²) in [5.74, 6) is 2.66. The Hall–Kier alpha value is -1.07. The van der Waals surface area contributed by atoms with Gasteiger partial charge in [0.2, 0.25) is 0 Å². The van der Waals surface area contributed by atoms with Crippen molar-refractivity contribution in [2.75, 3.05) is 0 Å². The van der Waals surface area contributed by atoms with Crippen molar-refractivity contribution < 1.29 is 0 Å². The molecule has 0 amide bonds. The van der Waals surface area contributed by atoms with E-state index in [-0.39, 0.29) is 0 Å². The highest BCUT2D eigenvalue weighted by molar-refractivity contribution is 7.09. The lowest BCUT2D eigenvalue weighted by atomic mass is 9.93. The molecule has 1 atom stereocenters. The summed E-state index contributed by atoms with van der Waals surface area (Å²) in [6.07, 6.45) is 8.85. The molecular weight excluding hydrogens is 154 g/mol. The zero-order chi connectivity index (χ0) is 8.32. The number of thiazole rings is 1. The molecule has 0 fully saturated rings. The molecule has 11 heavy (non-hydrogen) atoms. The zero-order valence-corrected chi connectivity index (χ0v) is 7.19. The molecule has 0 unspecified atom stereocenters. The van der Waals surface area contributed by atoms with E-state index in [1.807, 2.05) is 12.3 Å². The Morgan fingerprint density at radius 2 is 2.64 bits per heavy atom. The Morgan fingerprint density at radius 3 is 3.00 bits per heavy atom. The number of aromatic nitrogens is 1. The van der Waals surface area contributed by atoms with Gasteiger partial charge in [-0.1, -0.05) is 12.0 Å². The molecule has 0 bridgehead atoms. The second-order valence-corrected chi connectivity index (χ2v) is 3.28. The summed E-state index contributed by atoms with van der Waals surface area (Å²) in [4.78, 5) is 4.13. The van der Waals surface area contributed by atoms with Crippen molar-refractivity contribution in [1.82, 2.24) is 4.98 Å². The van der Waals surface area contributed by atoms with Gasteiger partial charge < -0.3 is 0 Å². The van der Waals surface area contributed by atoms with Gasteiger partial charge in [-0.05, 0) is 6.92 Å². The Bertz CT molecular complexity index is 281. The van der Waals surface area contributed by atoms with E-state index in [9.17, 15) is 0 Å². The number of hydrogen-bond acceptors (Lipinski definition) is 2. The van der Waals surface area contributed by atoms with Gasteiger partial charge in [0, 0.05) is 11.6 Å². The van der Waals surface area contributed by atoms with Crippen molar-refractivity contribution in [2.24, 2.45) is 0 Å². The van der Waals surface area contributed by atoms with E-state index in [0.717, 1.165) is 5.01 Å². The van der Waals surface area contributed by atoms with E-state index >= 15 is 0 Å². The highest BCUT2D eigenvalue weighted by Crippen LogP contribution is 2.25. The first-order valence-electron chi connectivity index (χ1n) is 3.24. The maximum absolute atomic E-state index is 5.35. The van der Waals surface area contributed by atoms with E-state index in [4.69, 9.17) is 6.42 Å². The van der Waals surface area contributed by atoms with Gasteiger partial charge >= 0.3 is 0 Å². The minimum Gasteiger partial charge on any atom is -0.248 e. The number of terminal acetylenes is 1. The first-order chi connectivity index (χ1) is 5.23. The molecule has 0 spiro atoms. The summed E-state index contributed by atoms with van der Waals surface area (Å²) in [5.41, 5.74) is -0.395. The molecule has 0 aliphatic carbocycles. The first kappa shape index (κ1) is 8.03. The van der Waals surface area contributed by atoms with E-state index in [1.54, 1.807) is 23.6 Å². The first-order valence-corrected chi connectivity index (χ1v) is 4.12. The van der Waals surface area contributed by atoms with Crippen molar-refractivity contribution in [3.63, 3.8) is 0 Å². The summed E-state index contributed by atoms with van der Waals surface area (Å²) in [6.45, 7) is 5.61. The lowest BCUT2D eigenvalue weighted by molar-refractivity contribution is 0.781. The Labute approximate surface area is 70.8 Å². The maximum atomic E-state index is 5.35. The smallest absolute Gasteiger partial charge is 0.114 e. The van der Waals surface area contributed by atoms with Crippen LogP contribution in [-0.4, -0.2) is 4.98 Å². The highest BCUT2D eigenvalue weighted by Gasteiger charge is 2.21. The molecule has 2 heteroatoms. The Kier molecular flexibility index (Phi) is 2.11. The maximum Gasteiger partial charge on any atom is 0.114 e. The average Bonchev–Trinajstić information content (AvgIpc) is 2.55. The van der Waals surface area contributed by atoms with Crippen LogP contribution in [0.2, 0.25) is 0 Å². The van der Waals surface area contributed by atoms with Crippen LogP contribution in [0.5, 0.6) is 0 Å². The lowest BCUT2D eigenvalue weighted by Gasteiger charge is -2.13. The van der Waals surface area contributed by atoms with Gasteiger partial charge in [-0.3, -0.25) is 0 Å². The number of hydrogen-bond donors (Lipinski definition) is 0. The van der Waals surface area contributed by atoms with Crippen LogP contribution in [0.4, 0.5) is 0 Å². The molecular formula is C9H9NS. The predicted molar refractivity (Wildman–Crippen MR) is 48.5 cm³/mol. The molecule has 0 saturated heterocycles. The van der Waals surface area contributed by atoms with Gasteiger partial charge in [-0.25, -0.2) is 4.98 Å². The Morgan fingerprint density at radius 1 is 1.91 bits per heavy atom. The van der Waals surface area contributed by atoms with Gasteiger partial charge in [0.1, 0.15) is 5.01 Å². The van der Waals surface area contributed by atoms with E-state index in [0.29, 0.717) is 0 Å². The molecule has 0 N–H and O–H groups in total. The molecule has 0 aliphatic heterocycles. The minimum absolute atomic E-state index is 0.395. The van der Waals surface area contributed by atoms with Crippen LogP contribution in [0, 0.1) is 12.3 Å². The van der Waals surface area contributed by atoms with Crippen LogP contribution in [0.15, 0.2) is 24.2 Å². The van der Waals surface area contributed by atoms with Gasteiger partial charge in [-0.15, -0.1) is 24.3 Å². The third kappa shape index (κ3) is 1.33. The van der Waals surface area contributed by atoms with Crippen LogP contribution in [0.3, 0.4) is 0 Å². The minimum atomic E-state index is -0.395. The monoisotopic (exact) mass is 163 g/mol. The average molecular weight is 163 g/mol. The van der Waals surface area contributed by atoms with Crippen molar-refractivity contribution in [3.05, 3.63) is 29.2 Å². The molecule has 0 saturated carbocycles. The SMILES string of the molecule is C#C[C@@](C)(C=C)c1nccs1. The van der Waals surface area contributed by atoms with Crippen molar-refractivity contribution in [1.29, 1.82) is 0 Å². The fourth-order valence-electron chi connectivity index (χ4n) is 0.688. The van der Waals surface area contributed by atoms with Gasteiger partial charge in [0.05, 0.1) is 5.41 Å². The summed E-state index contributed by atoms with van der Waals surface area (Å²) < 4.78 is 0. The standard InChI is InChI=1S/C9H9NS/c1-4-9(3,5-2)8-10-6-7-11-8/h1,5-7H,2H2,3H3/t9-/m0/s1. The van der Waals surface area contributed by atoms with E-state index in [1.165, 1.54) is 0 Å². The third-order valence-electron chi connectivity index (χ3n) is 1.58. The van der Waals surface area contributed by atoms with Gasteiger partial charge in [0.25, 0.3) is 0 Å².